The first-order valence-electron chi connectivity index (χ1n) is 5.40. The Balaban J connectivity index is 2.36. The summed E-state index contributed by atoms with van der Waals surface area (Å²) < 4.78 is 0. The van der Waals surface area contributed by atoms with Crippen LogP contribution in [0.5, 0.6) is 5.75 Å². The quantitative estimate of drug-likeness (QED) is 0.825. The van der Waals surface area contributed by atoms with E-state index in [9.17, 15) is 9.90 Å². The van der Waals surface area contributed by atoms with Gasteiger partial charge in [-0.3, -0.25) is 4.79 Å². The van der Waals surface area contributed by atoms with Gasteiger partial charge in [0.2, 0.25) is 0 Å². The van der Waals surface area contributed by atoms with E-state index in [1.807, 2.05) is 6.92 Å². The third-order valence-corrected chi connectivity index (χ3v) is 2.66. The fourth-order valence-electron chi connectivity index (χ4n) is 1.78. The zero-order valence-corrected chi connectivity index (χ0v) is 9.82. The summed E-state index contributed by atoms with van der Waals surface area (Å²) in [6, 6.07) is 6.82. The number of phenols is 1. The fraction of sp³-hybridized carbons (Fsp3) is 0.231. The van der Waals surface area contributed by atoms with Crippen LogP contribution in [-0.4, -0.2) is 15.1 Å². The van der Waals surface area contributed by atoms with E-state index in [2.05, 4.69) is 9.97 Å². The summed E-state index contributed by atoms with van der Waals surface area (Å²) in [5.41, 5.74) is 2.30. The second-order valence-corrected chi connectivity index (χ2v) is 4.06. The number of aryl methyl sites for hydroxylation is 2. The van der Waals surface area contributed by atoms with Gasteiger partial charge in [0.1, 0.15) is 11.6 Å². The molecule has 4 heteroatoms. The highest BCUT2D eigenvalue weighted by atomic mass is 16.3. The fourth-order valence-corrected chi connectivity index (χ4v) is 1.78. The first-order chi connectivity index (χ1) is 8.06. The van der Waals surface area contributed by atoms with Crippen LogP contribution < -0.4 is 5.56 Å². The highest BCUT2D eigenvalue weighted by Gasteiger charge is 2.07. The highest BCUT2D eigenvalue weighted by Crippen LogP contribution is 2.13. The van der Waals surface area contributed by atoms with Crippen LogP contribution in [0.2, 0.25) is 0 Å². The summed E-state index contributed by atoms with van der Waals surface area (Å²) >= 11 is 0. The Morgan fingerprint density at radius 3 is 2.47 bits per heavy atom. The lowest BCUT2D eigenvalue weighted by Gasteiger charge is -2.05. The standard InChI is InChI=1S/C13H14N2O2/c1-8-12(13(17)15-9(2)14-8)7-10-3-5-11(16)6-4-10/h3-6,16H,7H2,1-2H3,(H,14,15,17). The lowest BCUT2D eigenvalue weighted by molar-refractivity contribution is 0.475. The molecule has 0 unspecified atom stereocenters. The van der Waals surface area contributed by atoms with Gasteiger partial charge < -0.3 is 10.1 Å². The minimum atomic E-state index is -0.0944. The van der Waals surface area contributed by atoms with Crippen molar-refractivity contribution in [3.63, 3.8) is 0 Å². The molecule has 2 aromatic rings. The summed E-state index contributed by atoms with van der Waals surface area (Å²) in [6.07, 6.45) is 0.523. The monoisotopic (exact) mass is 230 g/mol. The van der Waals surface area contributed by atoms with Gasteiger partial charge in [0.15, 0.2) is 0 Å². The van der Waals surface area contributed by atoms with Gasteiger partial charge in [-0.25, -0.2) is 4.98 Å². The van der Waals surface area contributed by atoms with Crippen LogP contribution in [-0.2, 0) is 6.42 Å². The molecule has 0 aliphatic heterocycles. The van der Waals surface area contributed by atoms with Crippen molar-refractivity contribution < 1.29 is 5.11 Å². The smallest absolute Gasteiger partial charge is 0.254 e. The van der Waals surface area contributed by atoms with Crippen LogP contribution >= 0.6 is 0 Å². The molecule has 0 spiro atoms. The van der Waals surface area contributed by atoms with E-state index in [1.165, 1.54) is 0 Å². The molecule has 0 bridgehead atoms. The number of nitrogens with zero attached hydrogens (tertiary/aromatic N) is 1. The van der Waals surface area contributed by atoms with E-state index in [1.54, 1.807) is 31.2 Å². The number of rotatable bonds is 2. The van der Waals surface area contributed by atoms with E-state index < -0.39 is 0 Å². The van der Waals surface area contributed by atoms with Crippen LogP contribution in [0.1, 0.15) is 22.6 Å². The number of hydrogen-bond acceptors (Lipinski definition) is 3. The molecule has 0 fully saturated rings. The van der Waals surface area contributed by atoms with E-state index in [0.29, 0.717) is 17.8 Å². The number of aromatic amines is 1. The summed E-state index contributed by atoms with van der Waals surface area (Å²) in [5, 5.41) is 9.19. The van der Waals surface area contributed by atoms with Crippen LogP contribution in [0.4, 0.5) is 0 Å². The lowest BCUT2D eigenvalue weighted by atomic mass is 10.1. The maximum absolute atomic E-state index is 11.8. The van der Waals surface area contributed by atoms with Crippen LogP contribution in [0, 0.1) is 13.8 Å². The van der Waals surface area contributed by atoms with Crippen molar-refractivity contribution in [1.29, 1.82) is 0 Å². The van der Waals surface area contributed by atoms with E-state index in [4.69, 9.17) is 0 Å². The summed E-state index contributed by atoms with van der Waals surface area (Å²) in [5.74, 6) is 0.850. The first-order valence-corrected chi connectivity index (χ1v) is 5.40. The third kappa shape index (κ3) is 2.53. The number of aromatic hydroxyl groups is 1. The average Bonchev–Trinajstić information content (AvgIpc) is 2.26. The molecule has 2 N–H and O–H groups in total. The molecule has 0 aliphatic rings. The lowest BCUT2D eigenvalue weighted by Crippen LogP contribution is -2.17. The number of benzene rings is 1. The highest BCUT2D eigenvalue weighted by molar-refractivity contribution is 5.31. The number of phenolic OH excluding ortho intramolecular Hbond substituents is 1. The van der Waals surface area contributed by atoms with Gasteiger partial charge in [-0.05, 0) is 31.5 Å². The van der Waals surface area contributed by atoms with Crippen LogP contribution in [0.3, 0.4) is 0 Å². The van der Waals surface area contributed by atoms with Crippen LogP contribution in [0.15, 0.2) is 29.1 Å². The molecular formula is C13H14N2O2. The Morgan fingerprint density at radius 2 is 1.88 bits per heavy atom. The van der Waals surface area contributed by atoms with Crippen molar-refractivity contribution in [2.24, 2.45) is 0 Å². The largest absolute Gasteiger partial charge is 0.508 e. The topological polar surface area (TPSA) is 66.0 Å². The Kier molecular flexibility index (Phi) is 2.95. The normalized spacial score (nSPS) is 10.5. The Morgan fingerprint density at radius 1 is 1.24 bits per heavy atom. The van der Waals surface area contributed by atoms with Crippen molar-refractivity contribution in [3.8, 4) is 5.75 Å². The molecule has 0 saturated heterocycles. The predicted molar refractivity (Wildman–Crippen MR) is 65.2 cm³/mol. The second kappa shape index (κ2) is 4.41. The molecule has 1 aromatic heterocycles. The summed E-state index contributed by atoms with van der Waals surface area (Å²) in [4.78, 5) is 18.7. The van der Waals surface area contributed by atoms with Crippen molar-refractivity contribution in [2.45, 2.75) is 20.3 Å². The Hall–Kier alpha value is -2.10. The van der Waals surface area contributed by atoms with Gasteiger partial charge in [0.25, 0.3) is 5.56 Å². The minimum Gasteiger partial charge on any atom is -0.508 e. The zero-order valence-electron chi connectivity index (χ0n) is 9.82. The second-order valence-electron chi connectivity index (χ2n) is 4.06. The molecule has 1 heterocycles. The molecule has 17 heavy (non-hydrogen) atoms. The molecule has 0 aliphatic carbocycles. The van der Waals surface area contributed by atoms with E-state index in [0.717, 1.165) is 11.3 Å². The van der Waals surface area contributed by atoms with Crippen molar-refractivity contribution >= 4 is 0 Å². The molecule has 4 nitrogen and oxygen atoms in total. The SMILES string of the molecule is Cc1nc(C)c(Cc2ccc(O)cc2)c(=O)[nH]1. The number of nitrogens with one attached hydrogen (secondary N) is 1. The Bertz CT molecular complexity index is 585. The van der Waals surface area contributed by atoms with E-state index >= 15 is 0 Å². The molecular weight excluding hydrogens is 216 g/mol. The summed E-state index contributed by atoms with van der Waals surface area (Å²) in [6.45, 7) is 3.59. The average molecular weight is 230 g/mol. The molecule has 0 saturated carbocycles. The molecule has 2 rings (SSSR count). The molecule has 0 radical (unpaired) electrons. The number of hydrogen-bond donors (Lipinski definition) is 2. The van der Waals surface area contributed by atoms with Crippen molar-refractivity contribution in [3.05, 3.63) is 57.3 Å². The maximum atomic E-state index is 11.8. The van der Waals surface area contributed by atoms with Gasteiger partial charge >= 0.3 is 0 Å². The van der Waals surface area contributed by atoms with Crippen molar-refractivity contribution in [1.82, 2.24) is 9.97 Å². The van der Waals surface area contributed by atoms with Gasteiger partial charge in [-0.15, -0.1) is 0 Å². The van der Waals surface area contributed by atoms with Gasteiger partial charge in [-0.1, -0.05) is 12.1 Å². The van der Waals surface area contributed by atoms with Gasteiger partial charge in [0, 0.05) is 17.7 Å². The Labute approximate surface area is 99.0 Å². The predicted octanol–water partition coefficient (Wildman–Crippen LogP) is 1.68. The first kappa shape index (κ1) is 11.4. The zero-order chi connectivity index (χ0) is 12.4. The number of aromatic nitrogens is 2. The van der Waals surface area contributed by atoms with Gasteiger partial charge in [-0.2, -0.15) is 0 Å². The van der Waals surface area contributed by atoms with Crippen molar-refractivity contribution in [2.75, 3.05) is 0 Å². The molecule has 88 valence electrons. The molecule has 1 aromatic carbocycles. The van der Waals surface area contributed by atoms with Crippen LogP contribution in [0.25, 0.3) is 0 Å². The summed E-state index contributed by atoms with van der Waals surface area (Å²) in [7, 11) is 0. The van der Waals surface area contributed by atoms with E-state index in [-0.39, 0.29) is 11.3 Å². The van der Waals surface area contributed by atoms with Gasteiger partial charge in [0.05, 0.1) is 0 Å². The minimum absolute atomic E-state index is 0.0944. The maximum Gasteiger partial charge on any atom is 0.254 e. The third-order valence-electron chi connectivity index (χ3n) is 2.66. The molecule has 0 amide bonds. The molecule has 0 atom stereocenters. The number of H-pyrrole nitrogens is 1.